The first-order valence-electron chi connectivity index (χ1n) is 11.1. The van der Waals surface area contributed by atoms with Crippen LogP contribution >= 0.6 is 0 Å². The minimum Gasteiger partial charge on any atom is -0.377 e. The zero-order chi connectivity index (χ0) is 19.8. The molecule has 29 heavy (non-hydrogen) atoms. The van der Waals surface area contributed by atoms with Gasteiger partial charge in [-0.05, 0) is 52.7 Å². The Morgan fingerprint density at radius 3 is 2.00 bits per heavy atom. The molecule has 0 unspecified atom stereocenters. The molecule has 0 N–H and O–H groups in total. The van der Waals surface area contributed by atoms with Gasteiger partial charge >= 0.3 is 8.84 Å². The number of hydrogen-bond acceptors (Lipinski definition) is 1. The Kier molecular flexibility index (Phi) is 5.09. The summed E-state index contributed by atoms with van der Waals surface area (Å²) < 4.78 is 15.4. The Labute approximate surface area is 175 Å². The average molecular weight is 400 g/mol. The molecular formula is C26H29NOSi. The van der Waals surface area contributed by atoms with Gasteiger partial charge in [0.2, 0.25) is 0 Å². The van der Waals surface area contributed by atoms with Gasteiger partial charge in [-0.2, -0.15) is 0 Å². The lowest BCUT2D eigenvalue weighted by Crippen LogP contribution is -2.40. The van der Waals surface area contributed by atoms with Gasteiger partial charge in [-0.25, -0.2) is 0 Å². The molecule has 0 bridgehead atoms. The van der Waals surface area contributed by atoms with E-state index >= 15 is 0 Å². The van der Waals surface area contributed by atoms with E-state index in [1.54, 1.807) is 0 Å². The molecular weight excluding hydrogens is 370 g/mol. The van der Waals surface area contributed by atoms with Crippen LogP contribution in [0.4, 0.5) is 0 Å². The zero-order valence-corrected chi connectivity index (χ0v) is 18.2. The standard InChI is InChI=1S/C26H29NOSi/c1-27(22-11-3-2-4-12-22)29(28)18-19-15-25-23-13-7-5-9-20(23)17-21-10-6-8-14-24(21)26(25)16-19/h5-10,13-16,19,22H,2-4,11-12,17-18H2,1H3. The lowest BCUT2D eigenvalue weighted by molar-refractivity contribution is 0.271. The quantitative estimate of drug-likeness (QED) is 0.599. The van der Waals surface area contributed by atoms with Crippen molar-refractivity contribution in [1.82, 2.24) is 4.57 Å². The fraction of sp³-hybridized carbons (Fsp3) is 0.385. The van der Waals surface area contributed by atoms with Crippen molar-refractivity contribution in [1.29, 1.82) is 0 Å². The molecule has 0 amide bonds. The van der Waals surface area contributed by atoms with Crippen molar-refractivity contribution in [3.05, 3.63) is 82.9 Å². The van der Waals surface area contributed by atoms with Crippen LogP contribution in [0.2, 0.25) is 6.04 Å². The van der Waals surface area contributed by atoms with Gasteiger partial charge in [0.25, 0.3) is 0 Å². The SMILES string of the molecule is CN(C1CCCCC1)[Si](=O)CC1C=C2C(=C1)c1ccccc1Cc1ccccc12. The minimum absolute atomic E-state index is 0.261. The molecule has 0 radical (unpaired) electrons. The normalized spacial score (nSPS) is 18.8. The minimum atomic E-state index is -1.76. The van der Waals surface area contributed by atoms with Crippen molar-refractivity contribution in [2.45, 2.75) is 50.6 Å². The van der Waals surface area contributed by atoms with Crippen LogP contribution in [0.15, 0.2) is 60.7 Å². The summed E-state index contributed by atoms with van der Waals surface area (Å²) in [6, 6.07) is 18.8. The first-order valence-corrected chi connectivity index (χ1v) is 12.6. The van der Waals surface area contributed by atoms with Crippen LogP contribution in [0.1, 0.15) is 54.4 Å². The lowest BCUT2D eigenvalue weighted by Gasteiger charge is -2.31. The highest BCUT2D eigenvalue weighted by atomic mass is 28.3. The number of rotatable bonds is 4. The van der Waals surface area contributed by atoms with Crippen molar-refractivity contribution in [3.8, 4) is 0 Å². The molecule has 1 saturated carbocycles. The Hall–Kier alpha value is -2.26. The second-order valence-electron chi connectivity index (χ2n) is 8.82. The van der Waals surface area contributed by atoms with Gasteiger partial charge in [0.15, 0.2) is 0 Å². The maximum atomic E-state index is 13.2. The molecule has 0 atom stereocenters. The first-order chi connectivity index (χ1) is 14.2. The molecule has 0 aromatic heterocycles. The van der Waals surface area contributed by atoms with Crippen LogP contribution in [0.3, 0.4) is 0 Å². The highest BCUT2D eigenvalue weighted by Crippen LogP contribution is 2.44. The summed E-state index contributed by atoms with van der Waals surface area (Å²) in [4.78, 5) is 0. The fourth-order valence-electron chi connectivity index (χ4n) is 5.34. The molecule has 0 spiro atoms. The van der Waals surface area contributed by atoms with Crippen LogP contribution < -0.4 is 0 Å². The molecule has 2 aromatic carbocycles. The summed E-state index contributed by atoms with van der Waals surface area (Å²) in [6.45, 7) is 0. The summed E-state index contributed by atoms with van der Waals surface area (Å²) in [6.07, 6.45) is 12.1. The van der Waals surface area contributed by atoms with Gasteiger partial charge in [0.1, 0.15) is 0 Å². The van der Waals surface area contributed by atoms with E-state index in [2.05, 4.69) is 72.3 Å². The Morgan fingerprint density at radius 1 is 0.862 bits per heavy atom. The molecule has 2 aromatic rings. The summed E-state index contributed by atoms with van der Waals surface area (Å²) in [5, 5.41) is 0. The van der Waals surface area contributed by atoms with Crippen molar-refractivity contribution in [2.24, 2.45) is 5.92 Å². The van der Waals surface area contributed by atoms with Gasteiger partial charge in [-0.3, -0.25) is 0 Å². The fourth-order valence-corrected chi connectivity index (χ4v) is 6.93. The Morgan fingerprint density at radius 2 is 1.41 bits per heavy atom. The molecule has 5 rings (SSSR count). The molecule has 0 saturated heterocycles. The Bertz CT molecular complexity index is 938. The van der Waals surface area contributed by atoms with Gasteiger partial charge in [-0.1, -0.05) is 79.9 Å². The first kappa shape index (κ1) is 18.7. The van der Waals surface area contributed by atoms with E-state index in [1.807, 2.05) is 0 Å². The molecule has 148 valence electrons. The van der Waals surface area contributed by atoms with Crippen molar-refractivity contribution in [2.75, 3.05) is 7.05 Å². The van der Waals surface area contributed by atoms with Crippen molar-refractivity contribution >= 4 is 20.0 Å². The van der Waals surface area contributed by atoms with Crippen LogP contribution in [0, 0.1) is 5.92 Å². The van der Waals surface area contributed by atoms with Gasteiger partial charge in [-0.15, -0.1) is 0 Å². The molecule has 3 aliphatic rings. The monoisotopic (exact) mass is 399 g/mol. The van der Waals surface area contributed by atoms with E-state index in [-0.39, 0.29) is 5.92 Å². The number of hydrogen-bond donors (Lipinski definition) is 0. The second-order valence-corrected chi connectivity index (χ2v) is 10.7. The summed E-state index contributed by atoms with van der Waals surface area (Å²) in [5.41, 5.74) is 8.15. The predicted molar refractivity (Wildman–Crippen MR) is 121 cm³/mol. The van der Waals surface area contributed by atoms with Gasteiger partial charge in [0.05, 0.1) is 0 Å². The maximum Gasteiger partial charge on any atom is 0.395 e. The third-order valence-electron chi connectivity index (χ3n) is 6.97. The van der Waals surface area contributed by atoms with Gasteiger partial charge in [0, 0.05) is 25.1 Å². The van der Waals surface area contributed by atoms with Crippen LogP contribution in [-0.4, -0.2) is 26.5 Å². The van der Waals surface area contributed by atoms with E-state index < -0.39 is 8.84 Å². The van der Waals surface area contributed by atoms with E-state index in [9.17, 15) is 4.46 Å². The highest BCUT2D eigenvalue weighted by molar-refractivity contribution is 6.39. The van der Waals surface area contributed by atoms with E-state index in [1.165, 1.54) is 65.5 Å². The summed E-state index contributed by atoms with van der Waals surface area (Å²) >= 11 is 0. The maximum absolute atomic E-state index is 13.2. The Balaban J connectivity index is 1.45. The van der Waals surface area contributed by atoms with Gasteiger partial charge < -0.3 is 9.03 Å². The topological polar surface area (TPSA) is 20.3 Å². The second kappa shape index (κ2) is 7.87. The lowest BCUT2D eigenvalue weighted by atomic mass is 9.95. The number of nitrogens with zero attached hydrogens (tertiary/aromatic N) is 1. The largest absolute Gasteiger partial charge is 0.395 e. The van der Waals surface area contributed by atoms with E-state index in [4.69, 9.17) is 0 Å². The summed E-state index contributed by atoms with van der Waals surface area (Å²) in [5.74, 6) is 0.261. The van der Waals surface area contributed by atoms with Crippen LogP contribution in [0.5, 0.6) is 0 Å². The van der Waals surface area contributed by atoms with E-state index in [0.717, 1.165) is 12.5 Å². The highest BCUT2D eigenvalue weighted by Gasteiger charge is 2.30. The van der Waals surface area contributed by atoms with Crippen molar-refractivity contribution in [3.63, 3.8) is 0 Å². The van der Waals surface area contributed by atoms with Crippen molar-refractivity contribution < 1.29 is 4.46 Å². The molecule has 2 nitrogen and oxygen atoms in total. The number of fused-ring (bicyclic) bond motifs is 5. The molecule has 0 heterocycles. The summed E-state index contributed by atoms with van der Waals surface area (Å²) in [7, 11) is 0.333. The molecule has 0 aliphatic heterocycles. The predicted octanol–water partition coefficient (Wildman–Crippen LogP) is 5.87. The smallest absolute Gasteiger partial charge is 0.377 e. The average Bonchev–Trinajstić information content (AvgIpc) is 3.12. The van der Waals surface area contributed by atoms with Crippen LogP contribution in [-0.2, 0) is 10.9 Å². The third-order valence-corrected chi connectivity index (χ3v) is 8.95. The number of benzene rings is 2. The molecule has 3 aliphatic carbocycles. The molecule has 1 fully saturated rings. The third kappa shape index (κ3) is 3.57. The molecule has 3 heteroatoms. The van der Waals surface area contributed by atoms with Crippen LogP contribution in [0.25, 0.3) is 11.1 Å². The number of allylic oxidation sites excluding steroid dienone is 4. The zero-order valence-electron chi connectivity index (χ0n) is 17.2. The van der Waals surface area contributed by atoms with E-state index in [0.29, 0.717) is 6.04 Å².